The van der Waals surface area contributed by atoms with E-state index in [9.17, 15) is 4.39 Å². The summed E-state index contributed by atoms with van der Waals surface area (Å²) < 4.78 is 19.0. The first-order chi connectivity index (χ1) is 8.31. The van der Waals surface area contributed by atoms with Gasteiger partial charge in [0, 0.05) is 24.8 Å². The number of hydrogen-bond acceptors (Lipinski definition) is 3. The van der Waals surface area contributed by atoms with Gasteiger partial charge < -0.3 is 4.74 Å². The number of nitrogens with two attached hydrogens (primary N) is 1. The average Bonchev–Trinajstić information content (AvgIpc) is 2.38. The van der Waals surface area contributed by atoms with Crippen LogP contribution in [0.25, 0.3) is 0 Å². The van der Waals surface area contributed by atoms with E-state index in [2.05, 4.69) is 5.43 Å². The SMILES string of the molecule is NNC(CC1CCOCC1)c1ccccc1F. The molecule has 1 saturated heterocycles. The lowest BCUT2D eigenvalue weighted by molar-refractivity contribution is 0.0604. The molecule has 0 aromatic heterocycles. The molecule has 1 atom stereocenters. The zero-order valence-corrected chi connectivity index (χ0v) is 9.86. The van der Waals surface area contributed by atoms with E-state index >= 15 is 0 Å². The Labute approximate surface area is 101 Å². The number of halogens is 1. The van der Waals surface area contributed by atoms with E-state index in [-0.39, 0.29) is 11.9 Å². The van der Waals surface area contributed by atoms with E-state index in [0.717, 1.165) is 32.5 Å². The van der Waals surface area contributed by atoms with Gasteiger partial charge in [-0.3, -0.25) is 11.3 Å². The average molecular weight is 238 g/mol. The van der Waals surface area contributed by atoms with Gasteiger partial charge >= 0.3 is 0 Å². The quantitative estimate of drug-likeness (QED) is 0.624. The van der Waals surface area contributed by atoms with Gasteiger partial charge in [0.15, 0.2) is 0 Å². The van der Waals surface area contributed by atoms with Crippen LogP contribution in [0.2, 0.25) is 0 Å². The molecule has 1 aliphatic heterocycles. The molecule has 3 N–H and O–H groups in total. The van der Waals surface area contributed by atoms with Crippen LogP contribution in [0.5, 0.6) is 0 Å². The van der Waals surface area contributed by atoms with Gasteiger partial charge in [0.05, 0.1) is 0 Å². The molecule has 0 radical (unpaired) electrons. The van der Waals surface area contributed by atoms with Crippen LogP contribution in [0.3, 0.4) is 0 Å². The van der Waals surface area contributed by atoms with Crippen LogP contribution >= 0.6 is 0 Å². The number of benzene rings is 1. The predicted molar refractivity (Wildman–Crippen MR) is 64.6 cm³/mol. The predicted octanol–water partition coefficient (Wildman–Crippen LogP) is 2.15. The van der Waals surface area contributed by atoms with Crippen LogP contribution in [0.15, 0.2) is 24.3 Å². The first-order valence-corrected chi connectivity index (χ1v) is 6.09. The Hall–Kier alpha value is -0.970. The molecule has 1 fully saturated rings. The lowest BCUT2D eigenvalue weighted by atomic mass is 9.89. The minimum absolute atomic E-state index is 0.112. The maximum Gasteiger partial charge on any atom is 0.128 e. The Bertz CT molecular complexity index is 353. The Balaban J connectivity index is 2.03. The summed E-state index contributed by atoms with van der Waals surface area (Å²) in [6.07, 6.45) is 2.93. The zero-order chi connectivity index (χ0) is 12.1. The minimum Gasteiger partial charge on any atom is -0.381 e. The molecule has 4 heteroatoms. The van der Waals surface area contributed by atoms with E-state index in [1.54, 1.807) is 12.1 Å². The van der Waals surface area contributed by atoms with Crippen molar-refractivity contribution in [3.8, 4) is 0 Å². The largest absolute Gasteiger partial charge is 0.381 e. The number of ether oxygens (including phenoxy) is 1. The molecule has 0 amide bonds. The van der Waals surface area contributed by atoms with Gasteiger partial charge in [-0.2, -0.15) is 0 Å². The van der Waals surface area contributed by atoms with E-state index in [0.29, 0.717) is 11.5 Å². The maximum atomic E-state index is 13.7. The Morgan fingerprint density at radius 1 is 1.35 bits per heavy atom. The van der Waals surface area contributed by atoms with E-state index < -0.39 is 0 Å². The number of nitrogens with one attached hydrogen (secondary N) is 1. The van der Waals surface area contributed by atoms with Gasteiger partial charge in [-0.05, 0) is 31.2 Å². The second-order valence-corrected chi connectivity index (χ2v) is 4.53. The second-order valence-electron chi connectivity index (χ2n) is 4.53. The number of rotatable bonds is 4. The molecule has 1 unspecified atom stereocenters. The van der Waals surface area contributed by atoms with Crippen LogP contribution in [-0.2, 0) is 4.74 Å². The lowest BCUT2D eigenvalue weighted by Gasteiger charge is -2.26. The highest BCUT2D eigenvalue weighted by Gasteiger charge is 2.21. The summed E-state index contributed by atoms with van der Waals surface area (Å²) in [4.78, 5) is 0. The normalized spacial score (nSPS) is 19.2. The molecular weight excluding hydrogens is 219 g/mol. The zero-order valence-electron chi connectivity index (χ0n) is 9.86. The van der Waals surface area contributed by atoms with Crippen LogP contribution in [0.1, 0.15) is 30.9 Å². The van der Waals surface area contributed by atoms with Crippen LogP contribution in [0.4, 0.5) is 4.39 Å². The molecule has 1 aromatic carbocycles. The summed E-state index contributed by atoms with van der Waals surface area (Å²) in [5.41, 5.74) is 3.38. The third-order valence-corrected chi connectivity index (χ3v) is 3.39. The lowest BCUT2D eigenvalue weighted by Crippen LogP contribution is -2.31. The standard InChI is InChI=1S/C13H19FN2O/c14-12-4-2-1-3-11(12)13(16-15)9-10-5-7-17-8-6-10/h1-4,10,13,16H,5-9,15H2. The highest BCUT2D eigenvalue weighted by Crippen LogP contribution is 2.28. The van der Waals surface area contributed by atoms with Crippen molar-refractivity contribution in [2.75, 3.05) is 13.2 Å². The van der Waals surface area contributed by atoms with Crippen molar-refractivity contribution in [2.45, 2.75) is 25.3 Å². The third kappa shape index (κ3) is 3.25. The van der Waals surface area contributed by atoms with Crippen molar-refractivity contribution in [1.82, 2.24) is 5.43 Å². The smallest absolute Gasteiger partial charge is 0.128 e. The first kappa shape index (κ1) is 12.5. The maximum absolute atomic E-state index is 13.7. The number of hydrazine groups is 1. The van der Waals surface area contributed by atoms with Gasteiger partial charge in [-0.1, -0.05) is 18.2 Å². The highest BCUT2D eigenvalue weighted by atomic mass is 19.1. The van der Waals surface area contributed by atoms with Crippen LogP contribution < -0.4 is 11.3 Å². The van der Waals surface area contributed by atoms with Crippen molar-refractivity contribution in [3.63, 3.8) is 0 Å². The minimum atomic E-state index is -0.192. The molecule has 2 rings (SSSR count). The molecule has 1 aromatic rings. The summed E-state index contributed by atoms with van der Waals surface area (Å²) in [6, 6.07) is 6.69. The second kappa shape index (κ2) is 6.10. The summed E-state index contributed by atoms with van der Waals surface area (Å²) in [5, 5.41) is 0. The summed E-state index contributed by atoms with van der Waals surface area (Å²) in [5.74, 6) is 5.91. The fourth-order valence-electron chi connectivity index (χ4n) is 2.36. The molecule has 1 heterocycles. The first-order valence-electron chi connectivity index (χ1n) is 6.09. The van der Waals surface area contributed by atoms with Crippen LogP contribution in [-0.4, -0.2) is 13.2 Å². The van der Waals surface area contributed by atoms with E-state index in [4.69, 9.17) is 10.6 Å². The van der Waals surface area contributed by atoms with Crippen molar-refractivity contribution < 1.29 is 9.13 Å². The summed E-state index contributed by atoms with van der Waals surface area (Å²) in [7, 11) is 0. The molecular formula is C13H19FN2O. The van der Waals surface area contributed by atoms with Crippen LogP contribution in [0, 0.1) is 11.7 Å². The third-order valence-electron chi connectivity index (χ3n) is 3.39. The van der Waals surface area contributed by atoms with Crippen molar-refractivity contribution in [1.29, 1.82) is 0 Å². The van der Waals surface area contributed by atoms with Gasteiger partial charge in [0.25, 0.3) is 0 Å². The molecule has 0 spiro atoms. The molecule has 1 aliphatic rings. The molecule has 3 nitrogen and oxygen atoms in total. The van der Waals surface area contributed by atoms with E-state index in [1.165, 1.54) is 6.07 Å². The number of hydrogen-bond donors (Lipinski definition) is 2. The molecule has 0 aliphatic carbocycles. The fourth-order valence-corrected chi connectivity index (χ4v) is 2.36. The Morgan fingerprint density at radius 3 is 2.71 bits per heavy atom. The van der Waals surface area contributed by atoms with Gasteiger partial charge in [-0.25, -0.2) is 4.39 Å². The Morgan fingerprint density at radius 2 is 2.06 bits per heavy atom. The summed E-state index contributed by atoms with van der Waals surface area (Å²) in [6.45, 7) is 1.61. The van der Waals surface area contributed by atoms with Crippen molar-refractivity contribution in [2.24, 2.45) is 11.8 Å². The highest BCUT2D eigenvalue weighted by molar-refractivity contribution is 5.21. The topological polar surface area (TPSA) is 47.3 Å². The molecule has 94 valence electrons. The van der Waals surface area contributed by atoms with E-state index in [1.807, 2.05) is 6.07 Å². The van der Waals surface area contributed by atoms with Gasteiger partial charge in [0.1, 0.15) is 5.82 Å². The summed E-state index contributed by atoms with van der Waals surface area (Å²) >= 11 is 0. The van der Waals surface area contributed by atoms with Crippen molar-refractivity contribution >= 4 is 0 Å². The van der Waals surface area contributed by atoms with Crippen molar-refractivity contribution in [3.05, 3.63) is 35.6 Å². The van der Waals surface area contributed by atoms with Gasteiger partial charge in [0.2, 0.25) is 0 Å². The monoisotopic (exact) mass is 238 g/mol. The fraction of sp³-hybridized carbons (Fsp3) is 0.538. The molecule has 0 saturated carbocycles. The van der Waals surface area contributed by atoms with Gasteiger partial charge in [-0.15, -0.1) is 0 Å². The Kier molecular flexibility index (Phi) is 4.48. The molecule has 0 bridgehead atoms. The molecule has 17 heavy (non-hydrogen) atoms.